The van der Waals surface area contributed by atoms with Crippen molar-refractivity contribution in [3.8, 4) is 5.75 Å². The first-order valence-electron chi connectivity index (χ1n) is 6.20. The molecule has 0 radical (unpaired) electrons. The van der Waals surface area contributed by atoms with Crippen LogP contribution < -0.4 is 9.46 Å². The van der Waals surface area contributed by atoms with Gasteiger partial charge < -0.3 is 4.74 Å². The second kappa shape index (κ2) is 6.97. The van der Waals surface area contributed by atoms with Crippen molar-refractivity contribution in [2.24, 2.45) is 0 Å². The Morgan fingerprint density at radius 1 is 1.21 bits per heavy atom. The molecule has 1 N–H and O–H groups in total. The van der Waals surface area contributed by atoms with E-state index in [4.69, 9.17) is 11.6 Å². The Balaban J connectivity index is 2.28. The molecular weight excluding hydrogens is 370 g/mol. The minimum Gasteiger partial charge on any atom is -0.433 e. The molecule has 7 nitrogen and oxygen atoms in total. The number of rotatable bonds is 6. The van der Waals surface area contributed by atoms with E-state index in [1.807, 2.05) is 0 Å². The third-order valence-corrected chi connectivity index (χ3v) is 4.41. The summed E-state index contributed by atoms with van der Waals surface area (Å²) in [5.74, 6) is -0.315. The number of hydrogen-bond donors (Lipinski definition) is 1. The third kappa shape index (κ3) is 4.30. The summed E-state index contributed by atoms with van der Waals surface area (Å²) in [6.07, 6.45) is 0. The molecule has 0 heterocycles. The fourth-order valence-electron chi connectivity index (χ4n) is 1.73. The number of sulfonamides is 1. The second-order valence-corrected chi connectivity index (χ2v) is 6.47. The fourth-order valence-corrected chi connectivity index (χ4v) is 3.05. The summed E-state index contributed by atoms with van der Waals surface area (Å²) in [6, 6.07) is 7.74. The van der Waals surface area contributed by atoms with Crippen LogP contribution in [0.2, 0.25) is 5.02 Å². The van der Waals surface area contributed by atoms with E-state index in [0.717, 1.165) is 24.3 Å². The van der Waals surface area contributed by atoms with E-state index in [0.29, 0.717) is 0 Å². The molecule has 128 valence electrons. The summed E-state index contributed by atoms with van der Waals surface area (Å²) in [5.41, 5.74) is -0.412. The molecule has 0 spiro atoms. The Hall–Kier alpha value is -2.46. The molecular formula is C13H9ClF2N2O5S. The Morgan fingerprint density at radius 3 is 2.50 bits per heavy atom. The zero-order chi connectivity index (χ0) is 17.9. The number of nitrogens with zero attached hydrogens (tertiary/aromatic N) is 1. The lowest BCUT2D eigenvalue weighted by Gasteiger charge is -2.11. The molecule has 0 saturated carbocycles. The number of alkyl halides is 2. The molecule has 0 saturated heterocycles. The molecule has 0 aliphatic carbocycles. The minimum atomic E-state index is -4.12. The first-order chi connectivity index (χ1) is 11.2. The van der Waals surface area contributed by atoms with Gasteiger partial charge in [-0.25, -0.2) is 8.42 Å². The van der Waals surface area contributed by atoms with Crippen molar-refractivity contribution in [2.75, 3.05) is 4.72 Å². The molecule has 0 unspecified atom stereocenters. The van der Waals surface area contributed by atoms with E-state index >= 15 is 0 Å². The van der Waals surface area contributed by atoms with Crippen molar-refractivity contribution in [1.29, 1.82) is 0 Å². The largest absolute Gasteiger partial charge is 0.433 e. The standard InChI is InChI=1S/C13H9ClF2N2O5S/c14-11-6-8(4-5-12(11)23-13(15)16)17-24(21,22)10-3-1-2-9(7-10)18(19)20/h1-7,13,17H. The number of nitro benzene ring substituents is 1. The van der Waals surface area contributed by atoms with Crippen LogP contribution in [-0.2, 0) is 10.0 Å². The molecule has 0 bridgehead atoms. The van der Waals surface area contributed by atoms with E-state index in [2.05, 4.69) is 9.46 Å². The molecule has 2 aromatic rings. The van der Waals surface area contributed by atoms with E-state index in [1.54, 1.807) is 0 Å². The van der Waals surface area contributed by atoms with Crippen molar-refractivity contribution in [1.82, 2.24) is 0 Å². The van der Waals surface area contributed by atoms with E-state index in [-0.39, 0.29) is 21.4 Å². The Morgan fingerprint density at radius 2 is 1.92 bits per heavy atom. The van der Waals surface area contributed by atoms with Gasteiger partial charge in [-0.1, -0.05) is 17.7 Å². The summed E-state index contributed by atoms with van der Waals surface area (Å²) in [5, 5.41) is 10.5. The monoisotopic (exact) mass is 378 g/mol. The van der Waals surface area contributed by atoms with Crippen molar-refractivity contribution in [3.05, 3.63) is 57.6 Å². The fraction of sp³-hybridized carbons (Fsp3) is 0.0769. The number of hydrogen-bond acceptors (Lipinski definition) is 5. The maximum absolute atomic E-state index is 12.2. The summed E-state index contributed by atoms with van der Waals surface area (Å²) < 4.78 is 55.0. The van der Waals surface area contributed by atoms with E-state index < -0.39 is 27.2 Å². The molecule has 2 rings (SSSR count). The Kier molecular flexibility index (Phi) is 5.20. The van der Waals surface area contributed by atoms with Gasteiger partial charge in [-0.3, -0.25) is 14.8 Å². The van der Waals surface area contributed by atoms with Gasteiger partial charge in [0.25, 0.3) is 15.7 Å². The lowest BCUT2D eigenvalue weighted by atomic mass is 10.3. The van der Waals surface area contributed by atoms with Crippen LogP contribution in [0.1, 0.15) is 0 Å². The number of benzene rings is 2. The lowest BCUT2D eigenvalue weighted by Crippen LogP contribution is -2.13. The topological polar surface area (TPSA) is 98.5 Å². The molecule has 0 fully saturated rings. The molecule has 0 aliphatic heterocycles. The van der Waals surface area contributed by atoms with Crippen molar-refractivity contribution in [3.63, 3.8) is 0 Å². The van der Waals surface area contributed by atoms with Crippen LogP contribution in [0.15, 0.2) is 47.4 Å². The van der Waals surface area contributed by atoms with Gasteiger partial charge in [-0.05, 0) is 24.3 Å². The first-order valence-corrected chi connectivity index (χ1v) is 8.07. The van der Waals surface area contributed by atoms with Gasteiger partial charge in [0.15, 0.2) is 0 Å². The van der Waals surface area contributed by atoms with Gasteiger partial charge in [0.05, 0.1) is 20.5 Å². The Bertz CT molecular complexity index is 876. The van der Waals surface area contributed by atoms with Crippen LogP contribution in [0.3, 0.4) is 0 Å². The van der Waals surface area contributed by atoms with Gasteiger partial charge in [0, 0.05) is 12.1 Å². The maximum Gasteiger partial charge on any atom is 0.387 e. The van der Waals surface area contributed by atoms with Gasteiger partial charge in [-0.15, -0.1) is 0 Å². The number of non-ortho nitro benzene ring substituents is 1. The van der Waals surface area contributed by atoms with Crippen molar-refractivity contribution >= 4 is 33.0 Å². The van der Waals surface area contributed by atoms with Gasteiger partial charge >= 0.3 is 6.61 Å². The highest BCUT2D eigenvalue weighted by Crippen LogP contribution is 2.30. The highest BCUT2D eigenvalue weighted by molar-refractivity contribution is 7.92. The zero-order valence-electron chi connectivity index (χ0n) is 11.6. The molecule has 0 amide bonds. The van der Waals surface area contributed by atoms with E-state index in [1.165, 1.54) is 18.2 Å². The SMILES string of the molecule is O=[N+]([O-])c1cccc(S(=O)(=O)Nc2ccc(OC(F)F)c(Cl)c2)c1. The van der Waals surface area contributed by atoms with Crippen LogP contribution in [-0.4, -0.2) is 20.0 Å². The molecule has 24 heavy (non-hydrogen) atoms. The van der Waals surface area contributed by atoms with Gasteiger partial charge in [0.2, 0.25) is 0 Å². The summed E-state index contributed by atoms with van der Waals surface area (Å²) in [6.45, 7) is -3.07. The molecule has 2 aromatic carbocycles. The van der Waals surface area contributed by atoms with Gasteiger partial charge in [-0.2, -0.15) is 8.78 Å². The summed E-state index contributed by atoms with van der Waals surface area (Å²) >= 11 is 5.73. The molecule has 0 atom stereocenters. The molecule has 0 aromatic heterocycles. The normalized spacial score (nSPS) is 11.3. The number of anilines is 1. The zero-order valence-corrected chi connectivity index (χ0v) is 13.2. The minimum absolute atomic E-state index is 0.0203. The average Bonchev–Trinajstić information content (AvgIpc) is 2.49. The van der Waals surface area contributed by atoms with Crippen molar-refractivity contribution in [2.45, 2.75) is 11.5 Å². The van der Waals surface area contributed by atoms with Crippen LogP contribution in [0.25, 0.3) is 0 Å². The second-order valence-electron chi connectivity index (χ2n) is 4.38. The average molecular weight is 379 g/mol. The predicted octanol–water partition coefficient (Wildman–Crippen LogP) is 3.65. The smallest absolute Gasteiger partial charge is 0.387 e. The number of ether oxygens (including phenoxy) is 1. The van der Waals surface area contributed by atoms with Gasteiger partial charge in [0.1, 0.15) is 5.75 Å². The lowest BCUT2D eigenvalue weighted by molar-refractivity contribution is -0.385. The highest BCUT2D eigenvalue weighted by Gasteiger charge is 2.18. The molecule has 11 heteroatoms. The predicted molar refractivity (Wildman–Crippen MR) is 82.0 cm³/mol. The summed E-state index contributed by atoms with van der Waals surface area (Å²) in [7, 11) is -4.12. The maximum atomic E-state index is 12.2. The van der Waals surface area contributed by atoms with Crippen LogP contribution in [0.4, 0.5) is 20.2 Å². The third-order valence-electron chi connectivity index (χ3n) is 2.74. The van der Waals surface area contributed by atoms with E-state index in [9.17, 15) is 27.3 Å². The van der Waals surface area contributed by atoms with Crippen molar-refractivity contribution < 1.29 is 26.9 Å². The Labute approximate surface area is 140 Å². The number of nitro groups is 1. The van der Waals surface area contributed by atoms with Crippen LogP contribution >= 0.6 is 11.6 Å². The quantitative estimate of drug-likeness (QED) is 0.611. The number of halogens is 3. The highest BCUT2D eigenvalue weighted by atomic mass is 35.5. The summed E-state index contributed by atoms with van der Waals surface area (Å²) in [4.78, 5) is 9.64. The number of nitrogens with one attached hydrogen (secondary N) is 1. The first kappa shape index (κ1) is 17.9. The van der Waals surface area contributed by atoms with Crippen LogP contribution in [0.5, 0.6) is 5.75 Å². The van der Waals surface area contributed by atoms with Crippen LogP contribution in [0, 0.1) is 10.1 Å². The molecule has 0 aliphatic rings.